The third-order valence-electron chi connectivity index (χ3n) is 2.45. The van der Waals surface area contributed by atoms with Crippen molar-refractivity contribution >= 4 is 0 Å². The minimum absolute atomic E-state index is 0.121. The van der Waals surface area contributed by atoms with Crippen LogP contribution in [0.1, 0.15) is 0 Å². The molecule has 0 spiro atoms. The second-order valence-electron chi connectivity index (χ2n) is 3.44. The highest BCUT2D eigenvalue weighted by Gasteiger charge is 2.11. The molecule has 0 saturated heterocycles. The van der Waals surface area contributed by atoms with Gasteiger partial charge in [0, 0.05) is 17.8 Å². The van der Waals surface area contributed by atoms with Gasteiger partial charge in [0.25, 0.3) is 0 Å². The number of nitrogens with zero attached hydrogens (tertiary/aromatic N) is 1. The Morgan fingerprint density at radius 1 is 1.12 bits per heavy atom. The lowest BCUT2D eigenvalue weighted by atomic mass is 10.1. The molecule has 88 valence electrons. The van der Waals surface area contributed by atoms with Crippen LogP contribution in [0.3, 0.4) is 0 Å². The van der Waals surface area contributed by atoms with Crippen molar-refractivity contribution < 1.29 is 14.6 Å². The van der Waals surface area contributed by atoms with Crippen molar-refractivity contribution in [1.29, 1.82) is 0 Å². The van der Waals surface area contributed by atoms with E-state index in [-0.39, 0.29) is 5.75 Å². The van der Waals surface area contributed by atoms with Gasteiger partial charge in [-0.1, -0.05) is 0 Å². The molecule has 0 fully saturated rings. The van der Waals surface area contributed by atoms with Gasteiger partial charge < -0.3 is 14.6 Å². The van der Waals surface area contributed by atoms with Crippen LogP contribution in [0.25, 0.3) is 11.3 Å². The predicted molar refractivity (Wildman–Crippen MR) is 64.4 cm³/mol. The summed E-state index contributed by atoms with van der Waals surface area (Å²) in [6.45, 7) is 0. The third kappa shape index (κ3) is 2.15. The van der Waals surface area contributed by atoms with E-state index in [1.54, 1.807) is 50.7 Å². The Kier molecular flexibility index (Phi) is 3.14. The second-order valence-corrected chi connectivity index (χ2v) is 3.44. The molecular formula is C13H13NO3. The highest BCUT2D eigenvalue weighted by atomic mass is 16.5. The van der Waals surface area contributed by atoms with Crippen LogP contribution in [0.5, 0.6) is 17.2 Å². The summed E-state index contributed by atoms with van der Waals surface area (Å²) in [5.74, 6) is 1.43. The largest absolute Gasteiger partial charge is 0.506 e. The number of benzene rings is 1. The van der Waals surface area contributed by atoms with Crippen molar-refractivity contribution in [2.24, 2.45) is 0 Å². The first kappa shape index (κ1) is 11.3. The Balaban J connectivity index is 2.56. The molecular weight excluding hydrogens is 218 g/mol. The van der Waals surface area contributed by atoms with E-state index in [1.165, 1.54) is 0 Å². The standard InChI is InChI=1S/C13H13NO3/c1-16-9-5-6-10(12(8-9)17-2)13-11(15)4-3-7-14-13/h3-8,15H,1-2H3. The van der Waals surface area contributed by atoms with Gasteiger partial charge in [-0.25, -0.2) is 0 Å². The average Bonchev–Trinajstić information content (AvgIpc) is 2.38. The van der Waals surface area contributed by atoms with Crippen LogP contribution >= 0.6 is 0 Å². The smallest absolute Gasteiger partial charge is 0.141 e. The number of aromatic hydroxyl groups is 1. The molecule has 0 bridgehead atoms. The van der Waals surface area contributed by atoms with Crippen molar-refractivity contribution in [1.82, 2.24) is 4.98 Å². The fraction of sp³-hybridized carbons (Fsp3) is 0.154. The van der Waals surface area contributed by atoms with Crippen LogP contribution in [-0.2, 0) is 0 Å². The van der Waals surface area contributed by atoms with E-state index in [9.17, 15) is 5.11 Å². The maximum Gasteiger partial charge on any atom is 0.141 e. The molecule has 0 radical (unpaired) electrons. The Bertz CT molecular complexity index is 526. The quantitative estimate of drug-likeness (QED) is 0.881. The predicted octanol–water partition coefficient (Wildman–Crippen LogP) is 2.47. The molecule has 2 aromatic rings. The highest BCUT2D eigenvalue weighted by molar-refractivity contribution is 5.72. The molecule has 17 heavy (non-hydrogen) atoms. The zero-order valence-electron chi connectivity index (χ0n) is 9.68. The highest BCUT2D eigenvalue weighted by Crippen LogP contribution is 2.35. The first-order valence-corrected chi connectivity index (χ1v) is 5.12. The van der Waals surface area contributed by atoms with Gasteiger partial charge in [-0.15, -0.1) is 0 Å². The molecule has 0 saturated carbocycles. The summed E-state index contributed by atoms with van der Waals surface area (Å²) in [6.07, 6.45) is 1.62. The lowest BCUT2D eigenvalue weighted by Crippen LogP contribution is -1.92. The average molecular weight is 231 g/mol. The fourth-order valence-corrected chi connectivity index (χ4v) is 1.60. The minimum atomic E-state index is 0.121. The van der Waals surface area contributed by atoms with Crippen LogP contribution in [0.15, 0.2) is 36.5 Å². The zero-order chi connectivity index (χ0) is 12.3. The Morgan fingerprint density at radius 3 is 2.59 bits per heavy atom. The van der Waals surface area contributed by atoms with E-state index in [0.717, 1.165) is 5.56 Å². The summed E-state index contributed by atoms with van der Waals surface area (Å²) in [5.41, 5.74) is 1.22. The summed E-state index contributed by atoms with van der Waals surface area (Å²) in [7, 11) is 3.16. The van der Waals surface area contributed by atoms with Crippen molar-refractivity contribution in [3.8, 4) is 28.5 Å². The molecule has 4 heteroatoms. The number of hydrogen-bond donors (Lipinski definition) is 1. The van der Waals surface area contributed by atoms with Gasteiger partial charge in [-0.05, 0) is 24.3 Å². The molecule has 0 aliphatic rings. The normalized spacial score (nSPS) is 10.0. The summed E-state index contributed by atoms with van der Waals surface area (Å²) >= 11 is 0. The van der Waals surface area contributed by atoms with E-state index in [0.29, 0.717) is 17.2 Å². The fourth-order valence-electron chi connectivity index (χ4n) is 1.60. The SMILES string of the molecule is COc1ccc(-c2ncccc2O)c(OC)c1. The molecule has 0 aliphatic carbocycles. The van der Waals surface area contributed by atoms with Crippen molar-refractivity contribution in [3.63, 3.8) is 0 Å². The Morgan fingerprint density at radius 2 is 1.94 bits per heavy atom. The van der Waals surface area contributed by atoms with Gasteiger partial charge in [0.2, 0.25) is 0 Å². The van der Waals surface area contributed by atoms with Gasteiger partial charge in [0.05, 0.1) is 14.2 Å². The van der Waals surface area contributed by atoms with Gasteiger partial charge in [-0.3, -0.25) is 4.98 Å². The molecule has 4 nitrogen and oxygen atoms in total. The molecule has 0 unspecified atom stereocenters. The number of hydrogen-bond acceptors (Lipinski definition) is 4. The van der Waals surface area contributed by atoms with E-state index >= 15 is 0 Å². The monoisotopic (exact) mass is 231 g/mol. The van der Waals surface area contributed by atoms with Gasteiger partial charge in [0.15, 0.2) is 0 Å². The number of ether oxygens (including phenoxy) is 2. The van der Waals surface area contributed by atoms with Crippen LogP contribution in [0.2, 0.25) is 0 Å². The molecule has 1 aromatic carbocycles. The van der Waals surface area contributed by atoms with Crippen molar-refractivity contribution in [2.75, 3.05) is 14.2 Å². The van der Waals surface area contributed by atoms with Gasteiger partial charge in [0.1, 0.15) is 22.9 Å². The zero-order valence-corrected chi connectivity index (χ0v) is 9.68. The number of aromatic nitrogens is 1. The lowest BCUT2D eigenvalue weighted by Gasteiger charge is -2.10. The minimum Gasteiger partial charge on any atom is -0.506 e. The topological polar surface area (TPSA) is 51.6 Å². The number of pyridine rings is 1. The summed E-state index contributed by atoms with van der Waals surface area (Å²) in [5, 5.41) is 9.76. The van der Waals surface area contributed by atoms with Crippen LogP contribution < -0.4 is 9.47 Å². The maximum atomic E-state index is 9.76. The van der Waals surface area contributed by atoms with E-state index in [2.05, 4.69) is 4.98 Å². The Hall–Kier alpha value is -2.23. The van der Waals surface area contributed by atoms with Crippen LogP contribution in [-0.4, -0.2) is 24.3 Å². The molecule has 2 rings (SSSR count). The number of methoxy groups -OCH3 is 2. The molecule has 1 heterocycles. The summed E-state index contributed by atoms with van der Waals surface area (Å²) < 4.78 is 10.4. The van der Waals surface area contributed by atoms with Crippen LogP contribution in [0, 0.1) is 0 Å². The maximum absolute atomic E-state index is 9.76. The second kappa shape index (κ2) is 4.74. The molecule has 1 aromatic heterocycles. The van der Waals surface area contributed by atoms with Gasteiger partial charge >= 0.3 is 0 Å². The first-order chi connectivity index (χ1) is 8.26. The van der Waals surface area contributed by atoms with Crippen molar-refractivity contribution in [3.05, 3.63) is 36.5 Å². The van der Waals surface area contributed by atoms with E-state index in [1.807, 2.05) is 0 Å². The summed E-state index contributed by atoms with van der Waals surface area (Å²) in [4.78, 5) is 4.14. The molecule has 1 N–H and O–H groups in total. The summed E-state index contributed by atoms with van der Waals surface area (Å²) in [6, 6.07) is 8.62. The molecule has 0 atom stereocenters. The third-order valence-corrected chi connectivity index (χ3v) is 2.45. The van der Waals surface area contributed by atoms with E-state index < -0.39 is 0 Å². The molecule has 0 aliphatic heterocycles. The van der Waals surface area contributed by atoms with Gasteiger partial charge in [-0.2, -0.15) is 0 Å². The Labute approximate surface area is 99.5 Å². The van der Waals surface area contributed by atoms with Crippen LogP contribution in [0.4, 0.5) is 0 Å². The first-order valence-electron chi connectivity index (χ1n) is 5.12. The van der Waals surface area contributed by atoms with Crippen molar-refractivity contribution in [2.45, 2.75) is 0 Å². The van der Waals surface area contributed by atoms with E-state index in [4.69, 9.17) is 9.47 Å². The number of rotatable bonds is 3. The lowest BCUT2D eigenvalue weighted by molar-refractivity contribution is 0.395. The molecule has 0 amide bonds.